The number of thioether (sulfide) groups is 1. The molecule has 0 radical (unpaired) electrons. The summed E-state index contributed by atoms with van der Waals surface area (Å²) in [5.41, 5.74) is 3.59. The van der Waals surface area contributed by atoms with Crippen LogP contribution in [0.2, 0.25) is 0 Å². The van der Waals surface area contributed by atoms with Crippen LogP contribution >= 0.6 is 11.8 Å². The zero-order valence-electron chi connectivity index (χ0n) is 18.0. The van der Waals surface area contributed by atoms with Gasteiger partial charge >= 0.3 is 0 Å². The molecule has 1 aromatic heterocycles. The molecule has 1 heterocycles. The van der Waals surface area contributed by atoms with Crippen LogP contribution in [0, 0.1) is 5.82 Å². The van der Waals surface area contributed by atoms with Crippen LogP contribution in [0.25, 0.3) is 5.69 Å². The van der Waals surface area contributed by atoms with Crippen molar-refractivity contribution in [3.8, 4) is 5.69 Å². The van der Waals surface area contributed by atoms with E-state index in [1.807, 2.05) is 4.57 Å². The fourth-order valence-corrected chi connectivity index (χ4v) is 3.91. The third-order valence-corrected chi connectivity index (χ3v) is 6.18. The molecule has 0 spiro atoms. The quantitative estimate of drug-likeness (QED) is 0.615. The molecule has 29 heavy (non-hydrogen) atoms. The van der Waals surface area contributed by atoms with Crippen molar-refractivity contribution >= 4 is 11.8 Å². The molecule has 0 saturated heterocycles. The van der Waals surface area contributed by atoms with Gasteiger partial charge in [-0.2, -0.15) is 0 Å². The lowest BCUT2D eigenvalue weighted by atomic mass is 9.87. The first-order valence-corrected chi connectivity index (χ1v) is 10.9. The Bertz CT molecular complexity index is 941. The van der Waals surface area contributed by atoms with E-state index >= 15 is 0 Å². The number of hydrogen-bond donors (Lipinski definition) is 1. The highest BCUT2D eigenvalue weighted by molar-refractivity contribution is 7.98. The molecule has 0 aliphatic carbocycles. The van der Waals surface area contributed by atoms with Gasteiger partial charge in [0.25, 0.3) is 0 Å². The highest BCUT2D eigenvalue weighted by atomic mass is 32.2. The maximum atomic E-state index is 13.5. The van der Waals surface area contributed by atoms with Gasteiger partial charge in [-0.1, -0.05) is 56.8 Å². The van der Waals surface area contributed by atoms with Crippen molar-refractivity contribution in [2.75, 3.05) is 14.1 Å². The van der Waals surface area contributed by atoms with E-state index in [-0.39, 0.29) is 17.3 Å². The van der Waals surface area contributed by atoms with Crippen molar-refractivity contribution < 1.29 is 9.29 Å². The van der Waals surface area contributed by atoms with Gasteiger partial charge in [0.2, 0.25) is 0 Å². The third kappa shape index (κ3) is 5.06. The molecule has 6 heteroatoms. The van der Waals surface area contributed by atoms with Gasteiger partial charge in [0.15, 0.2) is 11.0 Å². The summed E-state index contributed by atoms with van der Waals surface area (Å²) in [6, 6.07) is 15.4. The molecule has 4 nitrogen and oxygen atoms in total. The van der Waals surface area contributed by atoms with Crippen molar-refractivity contribution in [2.45, 2.75) is 50.1 Å². The number of hydrogen-bond acceptors (Lipinski definition) is 3. The van der Waals surface area contributed by atoms with E-state index in [4.69, 9.17) is 0 Å². The molecule has 1 N–H and O–H groups in total. The first-order chi connectivity index (χ1) is 13.7. The van der Waals surface area contributed by atoms with Crippen molar-refractivity contribution in [3.63, 3.8) is 0 Å². The lowest BCUT2D eigenvalue weighted by molar-refractivity contribution is -0.890. The fourth-order valence-electron chi connectivity index (χ4n) is 3.00. The Labute approximate surface area is 177 Å². The smallest absolute Gasteiger partial charge is 0.196 e. The summed E-state index contributed by atoms with van der Waals surface area (Å²) in [6.07, 6.45) is 0. The van der Waals surface area contributed by atoms with Crippen LogP contribution in [-0.2, 0) is 11.2 Å². The molecule has 3 aromatic rings. The molecule has 154 valence electrons. The van der Waals surface area contributed by atoms with Gasteiger partial charge in [-0.05, 0) is 47.7 Å². The average molecular weight is 414 g/mol. The van der Waals surface area contributed by atoms with Crippen LogP contribution in [0.3, 0.4) is 0 Å². The predicted octanol–water partition coefficient (Wildman–Crippen LogP) is 4.20. The van der Waals surface area contributed by atoms with E-state index < -0.39 is 0 Å². The van der Waals surface area contributed by atoms with E-state index in [0.717, 1.165) is 22.4 Å². The molecule has 0 amide bonds. The number of rotatable bonds is 6. The Hall–Kier alpha value is -2.18. The van der Waals surface area contributed by atoms with Crippen LogP contribution in [0.1, 0.15) is 50.7 Å². The Morgan fingerprint density at radius 2 is 1.62 bits per heavy atom. The van der Waals surface area contributed by atoms with Crippen LogP contribution < -0.4 is 4.90 Å². The van der Waals surface area contributed by atoms with Crippen LogP contribution in [0.4, 0.5) is 4.39 Å². The second kappa shape index (κ2) is 8.67. The van der Waals surface area contributed by atoms with Crippen LogP contribution in [-0.4, -0.2) is 28.9 Å². The van der Waals surface area contributed by atoms with Gasteiger partial charge < -0.3 is 4.90 Å². The number of quaternary nitrogens is 1. The second-order valence-electron chi connectivity index (χ2n) is 8.69. The third-order valence-electron chi connectivity index (χ3n) is 5.18. The second-order valence-corrected chi connectivity index (χ2v) is 9.63. The normalized spacial score (nSPS) is 13.1. The van der Waals surface area contributed by atoms with E-state index in [1.165, 1.54) is 28.2 Å². The summed E-state index contributed by atoms with van der Waals surface area (Å²) in [4.78, 5) is 1.26. The van der Waals surface area contributed by atoms with Crippen molar-refractivity contribution in [3.05, 3.63) is 71.3 Å². The minimum absolute atomic E-state index is 0.147. The molecular weight excluding hydrogens is 383 g/mol. The number of aromatic nitrogens is 3. The maximum Gasteiger partial charge on any atom is 0.196 e. The molecule has 0 aliphatic rings. The monoisotopic (exact) mass is 413 g/mol. The molecular formula is C23H30FN4S+. The van der Waals surface area contributed by atoms with E-state index in [0.29, 0.717) is 0 Å². The SMILES string of the molecule is C[C@H](c1nnc(SCc2ccc(C(C)(C)C)cc2)n1-c1ccc(F)cc1)[NH+](C)C. The number of halogens is 1. The zero-order valence-corrected chi connectivity index (χ0v) is 18.8. The van der Waals surface area contributed by atoms with Crippen LogP contribution in [0.15, 0.2) is 53.7 Å². The molecule has 0 aliphatic heterocycles. The van der Waals surface area contributed by atoms with Gasteiger partial charge in [0.1, 0.15) is 11.9 Å². The highest BCUT2D eigenvalue weighted by Crippen LogP contribution is 2.28. The summed E-state index contributed by atoms with van der Waals surface area (Å²) in [5, 5.41) is 9.75. The first-order valence-electron chi connectivity index (χ1n) is 9.90. The van der Waals surface area contributed by atoms with Gasteiger partial charge in [0, 0.05) is 11.4 Å². The molecule has 1 atom stereocenters. The van der Waals surface area contributed by atoms with Gasteiger partial charge in [-0.3, -0.25) is 4.57 Å². The van der Waals surface area contributed by atoms with Gasteiger partial charge in [0.05, 0.1) is 14.1 Å². The largest absolute Gasteiger partial charge is 0.331 e. The predicted molar refractivity (Wildman–Crippen MR) is 117 cm³/mol. The van der Waals surface area contributed by atoms with E-state index in [9.17, 15) is 4.39 Å². The molecule has 0 unspecified atom stereocenters. The van der Waals surface area contributed by atoms with Gasteiger partial charge in [-0.15, -0.1) is 10.2 Å². The lowest BCUT2D eigenvalue weighted by Gasteiger charge is -2.19. The van der Waals surface area contributed by atoms with Crippen LogP contribution in [0.5, 0.6) is 0 Å². The molecule has 2 aromatic carbocycles. The fraction of sp³-hybridized carbons (Fsp3) is 0.391. The minimum atomic E-state index is -0.247. The zero-order chi connectivity index (χ0) is 21.2. The maximum absolute atomic E-state index is 13.5. The number of benzene rings is 2. The average Bonchev–Trinajstić information content (AvgIpc) is 3.09. The van der Waals surface area contributed by atoms with Crippen molar-refractivity contribution in [1.82, 2.24) is 14.8 Å². The Morgan fingerprint density at radius 1 is 1.00 bits per heavy atom. The first kappa shape index (κ1) is 21.5. The summed E-state index contributed by atoms with van der Waals surface area (Å²) < 4.78 is 15.5. The molecule has 0 bridgehead atoms. The number of nitrogens with one attached hydrogen (secondary N) is 1. The molecule has 0 fully saturated rings. The van der Waals surface area contributed by atoms with E-state index in [1.54, 1.807) is 23.9 Å². The summed E-state index contributed by atoms with van der Waals surface area (Å²) >= 11 is 1.65. The summed E-state index contributed by atoms with van der Waals surface area (Å²) in [5.74, 6) is 1.43. The number of nitrogens with zero attached hydrogens (tertiary/aromatic N) is 3. The lowest BCUT2D eigenvalue weighted by Crippen LogP contribution is -3.05. The highest BCUT2D eigenvalue weighted by Gasteiger charge is 2.23. The van der Waals surface area contributed by atoms with Crippen molar-refractivity contribution in [1.29, 1.82) is 0 Å². The van der Waals surface area contributed by atoms with E-state index in [2.05, 4.69) is 76.3 Å². The minimum Gasteiger partial charge on any atom is -0.331 e. The topological polar surface area (TPSA) is 35.1 Å². The Balaban J connectivity index is 1.88. The van der Waals surface area contributed by atoms with Crippen molar-refractivity contribution in [2.24, 2.45) is 0 Å². The summed E-state index contributed by atoms with van der Waals surface area (Å²) in [7, 11) is 4.19. The summed E-state index contributed by atoms with van der Waals surface area (Å²) in [6.45, 7) is 8.78. The Kier molecular flexibility index (Phi) is 6.44. The van der Waals surface area contributed by atoms with Gasteiger partial charge in [-0.25, -0.2) is 4.39 Å². The molecule has 3 rings (SSSR count). The standard InChI is InChI=1S/C23H29FN4S/c1-16(27(5)6)21-25-26-22(28(21)20-13-11-19(24)12-14-20)29-15-17-7-9-18(10-8-17)23(2,3)4/h7-14,16H,15H2,1-6H3/p+1/t16-/m1/s1. The molecule has 0 saturated carbocycles. The Morgan fingerprint density at radius 3 is 2.17 bits per heavy atom.